The molecule has 0 spiro atoms. The normalized spacial score (nSPS) is 11.5. The Hall–Kier alpha value is -2.41. The lowest BCUT2D eigenvalue weighted by Gasteiger charge is -2.16. The number of hydrogen-bond acceptors (Lipinski definition) is 3. The second-order valence-electron chi connectivity index (χ2n) is 4.98. The van der Waals surface area contributed by atoms with E-state index in [1.807, 2.05) is 0 Å². The molecule has 2 aromatic carbocycles. The molecule has 0 radical (unpaired) electrons. The van der Waals surface area contributed by atoms with E-state index in [9.17, 15) is 14.0 Å². The van der Waals surface area contributed by atoms with Crippen molar-refractivity contribution in [3.05, 3.63) is 58.3 Å². The van der Waals surface area contributed by atoms with Gasteiger partial charge in [0, 0.05) is 18.3 Å². The number of hydrogen-bond donors (Lipinski definition) is 2. The van der Waals surface area contributed by atoms with Crippen molar-refractivity contribution in [3.8, 4) is 5.75 Å². The van der Waals surface area contributed by atoms with E-state index >= 15 is 0 Å². The molecule has 0 aliphatic carbocycles. The monoisotopic (exact) mass is 394 g/mol. The number of nitrogens with one attached hydrogen (secondary N) is 2. The third-order valence-electron chi connectivity index (χ3n) is 3.21. The van der Waals surface area contributed by atoms with Gasteiger partial charge in [-0.25, -0.2) is 4.39 Å². The van der Waals surface area contributed by atoms with Crippen molar-refractivity contribution in [2.24, 2.45) is 0 Å². The highest BCUT2D eigenvalue weighted by molar-refractivity contribution is 9.10. The SMILES string of the molecule is CNC(=O)c1ccc(NC(=O)C(C)Oc2ccc(F)cc2Br)cc1. The summed E-state index contributed by atoms with van der Waals surface area (Å²) in [4.78, 5) is 23.6. The van der Waals surface area contributed by atoms with Gasteiger partial charge in [-0.05, 0) is 65.3 Å². The lowest BCUT2D eigenvalue weighted by Crippen LogP contribution is -2.30. The Labute approximate surface area is 147 Å². The molecule has 2 amide bonds. The number of carbonyl (C=O) groups excluding carboxylic acids is 2. The molecule has 0 saturated carbocycles. The predicted octanol–water partition coefficient (Wildman–Crippen LogP) is 3.35. The Kier molecular flexibility index (Phi) is 5.92. The predicted molar refractivity (Wildman–Crippen MR) is 92.7 cm³/mol. The quantitative estimate of drug-likeness (QED) is 0.816. The summed E-state index contributed by atoms with van der Waals surface area (Å²) in [5, 5.41) is 5.21. The van der Waals surface area contributed by atoms with Crippen LogP contribution in [0.2, 0.25) is 0 Å². The van der Waals surface area contributed by atoms with Crippen LogP contribution in [-0.2, 0) is 4.79 Å². The van der Waals surface area contributed by atoms with Gasteiger partial charge < -0.3 is 15.4 Å². The minimum atomic E-state index is -0.787. The molecular formula is C17H16BrFN2O3. The van der Waals surface area contributed by atoms with Crippen molar-refractivity contribution in [1.29, 1.82) is 0 Å². The van der Waals surface area contributed by atoms with Crippen LogP contribution in [-0.4, -0.2) is 25.0 Å². The molecule has 0 aliphatic rings. The second kappa shape index (κ2) is 7.92. The Balaban J connectivity index is 1.99. The van der Waals surface area contributed by atoms with Gasteiger partial charge in [0.2, 0.25) is 0 Å². The van der Waals surface area contributed by atoms with Crippen LogP contribution < -0.4 is 15.4 Å². The van der Waals surface area contributed by atoms with Crippen LogP contribution >= 0.6 is 15.9 Å². The first kappa shape index (κ1) is 17.9. The zero-order valence-electron chi connectivity index (χ0n) is 13.1. The average Bonchev–Trinajstić information content (AvgIpc) is 2.57. The highest BCUT2D eigenvalue weighted by Gasteiger charge is 2.16. The molecule has 1 atom stereocenters. The number of anilines is 1. The van der Waals surface area contributed by atoms with Crippen LogP contribution in [0, 0.1) is 5.82 Å². The van der Waals surface area contributed by atoms with Gasteiger partial charge in [0.05, 0.1) is 4.47 Å². The average molecular weight is 395 g/mol. The van der Waals surface area contributed by atoms with Crippen molar-refractivity contribution in [2.75, 3.05) is 12.4 Å². The molecule has 1 unspecified atom stereocenters. The third kappa shape index (κ3) is 4.55. The summed E-state index contributed by atoms with van der Waals surface area (Å²) in [5.41, 5.74) is 1.04. The second-order valence-corrected chi connectivity index (χ2v) is 5.83. The van der Waals surface area contributed by atoms with Crippen molar-refractivity contribution >= 4 is 33.4 Å². The van der Waals surface area contributed by atoms with E-state index < -0.39 is 11.9 Å². The van der Waals surface area contributed by atoms with Gasteiger partial charge in [0.15, 0.2) is 6.10 Å². The largest absolute Gasteiger partial charge is 0.480 e. The molecule has 0 aliphatic heterocycles. The Morgan fingerprint density at radius 3 is 2.42 bits per heavy atom. The van der Waals surface area contributed by atoms with Crippen LogP contribution in [0.3, 0.4) is 0 Å². The van der Waals surface area contributed by atoms with Crippen molar-refractivity contribution in [1.82, 2.24) is 5.32 Å². The standard InChI is InChI=1S/C17H16BrFN2O3/c1-10(24-15-8-5-12(19)9-14(15)18)16(22)21-13-6-3-11(4-7-13)17(23)20-2/h3-10H,1-2H3,(H,20,23)(H,21,22). The zero-order valence-corrected chi connectivity index (χ0v) is 14.7. The van der Waals surface area contributed by atoms with Gasteiger partial charge in [-0.1, -0.05) is 0 Å². The van der Waals surface area contributed by atoms with Crippen molar-refractivity contribution in [3.63, 3.8) is 0 Å². The van der Waals surface area contributed by atoms with E-state index in [-0.39, 0.29) is 11.8 Å². The summed E-state index contributed by atoms with van der Waals surface area (Å²) in [7, 11) is 1.55. The van der Waals surface area contributed by atoms with Crippen molar-refractivity contribution < 1.29 is 18.7 Å². The van der Waals surface area contributed by atoms with Crippen molar-refractivity contribution in [2.45, 2.75) is 13.0 Å². The smallest absolute Gasteiger partial charge is 0.265 e. The van der Waals surface area contributed by atoms with Crippen LogP contribution in [0.15, 0.2) is 46.9 Å². The van der Waals surface area contributed by atoms with E-state index in [1.165, 1.54) is 18.2 Å². The lowest BCUT2D eigenvalue weighted by atomic mass is 10.2. The maximum Gasteiger partial charge on any atom is 0.265 e. The minimum absolute atomic E-state index is 0.203. The Morgan fingerprint density at radius 1 is 1.17 bits per heavy atom. The van der Waals surface area contributed by atoms with E-state index in [0.29, 0.717) is 21.5 Å². The Bertz CT molecular complexity index is 750. The van der Waals surface area contributed by atoms with Crippen LogP contribution in [0.4, 0.5) is 10.1 Å². The summed E-state index contributed by atoms with van der Waals surface area (Å²) in [6.45, 7) is 1.59. The summed E-state index contributed by atoms with van der Waals surface area (Å²) in [6, 6.07) is 10.4. The summed E-state index contributed by atoms with van der Waals surface area (Å²) in [6.07, 6.45) is -0.787. The van der Waals surface area contributed by atoms with E-state index in [0.717, 1.165) is 0 Å². The fourth-order valence-corrected chi connectivity index (χ4v) is 2.35. The van der Waals surface area contributed by atoms with Crippen LogP contribution in [0.25, 0.3) is 0 Å². The molecule has 0 bridgehead atoms. The maximum absolute atomic E-state index is 13.1. The summed E-state index contributed by atoms with van der Waals surface area (Å²) < 4.78 is 19.0. The third-order valence-corrected chi connectivity index (χ3v) is 3.83. The molecule has 2 aromatic rings. The van der Waals surface area contributed by atoms with Crippen LogP contribution in [0.5, 0.6) is 5.75 Å². The first-order valence-corrected chi connectivity index (χ1v) is 7.94. The Morgan fingerprint density at radius 2 is 1.83 bits per heavy atom. The number of ether oxygens (including phenoxy) is 1. The van der Waals surface area contributed by atoms with Gasteiger partial charge >= 0.3 is 0 Å². The molecule has 126 valence electrons. The van der Waals surface area contributed by atoms with Gasteiger partial charge in [0.1, 0.15) is 11.6 Å². The fourth-order valence-electron chi connectivity index (χ4n) is 1.91. The number of amides is 2. The maximum atomic E-state index is 13.1. The molecule has 2 rings (SSSR count). The van der Waals surface area contributed by atoms with Crippen LogP contribution in [0.1, 0.15) is 17.3 Å². The van der Waals surface area contributed by atoms with E-state index in [4.69, 9.17) is 4.74 Å². The highest BCUT2D eigenvalue weighted by atomic mass is 79.9. The number of halogens is 2. The molecule has 24 heavy (non-hydrogen) atoms. The molecule has 0 heterocycles. The fraction of sp³-hybridized carbons (Fsp3) is 0.176. The molecule has 7 heteroatoms. The number of rotatable bonds is 5. The first-order chi connectivity index (χ1) is 11.4. The van der Waals surface area contributed by atoms with E-state index in [2.05, 4.69) is 26.6 Å². The number of benzene rings is 2. The minimum Gasteiger partial charge on any atom is -0.480 e. The molecule has 5 nitrogen and oxygen atoms in total. The van der Waals surface area contributed by atoms with Gasteiger partial charge in [-0.3, -0.25) is 9.59 Å². The zero-order chi connectivity index (χ0) is 17.7. The molecular weight excluding hydrogens is 379 g/mol. The summed E-state index contributed by atoms with van der Waals surface area (Å²) >= 11 is 3.19. The van der Waals surface area contributed by atoms with Gasteiger partial charge in [-0.15, -0.1) is 0 Å². The first-order valence-electron chi connectivity index (χ1n) is 7.15. The topological polar surface area (TPSA) is 67.4 Å². The molecule has 0 aromatic heterocycles. The number of carbonyl (C=O) groups is 2. The molecule has 2 N–H and O–H groups in total. The lowest BCUT2D eigenvalue weighted by molar-refractivity contribution is -0.122. The van der Waals surface area contributed by atoms with Gasteiger partial charge in [-0.2, -0.15) is 0 Å². The van der Waals surface area contributed by atoms with E-state index in [1.54, 1.807) is 38.2 Å². The highest BCUT2D eigenvalue weighted by Crippen LogP contribution is 2.26. The molecule has 0 fully saturated rings. The summed E-state index contributed by atoms with van der Waals surface area (Å²) in [5.74, 6) is -0.596. The molecule has 0 saturated heterocycles. The van der Waals surface area contributed by atoms with Gasteiger partial charge in [0.25, 0.3) is 11.8 Å².